The molecule has 0 fully saturated rings. The number of nitrogens with two attached hydrogens (primary N) is 2. The van der Waals surface area contributed by atoms with Crippen molar-refractivity contribution in [1.82, 2.24) is 0 Å². The summed E-state index contributed by atoms with van der Waals surface area (Å²) in [6, 6.07) is 13.9. The van der Waals surface area contributed by atoms with Crippen molar-refractivity contribution in [2.24, 2.45) is 16.5 Å². The number of hydrogen-bond donors (Lipinski definition) is 2. The highest BCUT2D eigenvalue weighted by Crippen LogP contribution is 2.21. The van der Waals surface area contributed by atoms with E-state index in [9.17, 15) is 4.79 Å². The largest absolute Gasteiger partial charge is 0.370 e. The van der Waals surface area contributed by atoms with E-state index >= 15 is 0 Å². The lowest BCUT2D eigenvalue weighted by molar-refractivity contribution is -0.114. The predicted molar refractivity (Wildman–Crippen MR) is 78.4 cm³/mol. The first-order chi connectivity index (χ1) is 9.08. The van der Waals surface area contributed by atoms with Crippen LogP contribution < -0.4 is 11.5 Å². The summed E-state index contributed by atoms with van der Waals surface area (Å²) in [5, 5.41) is 2.21. The van der Waals surface area contributed by atoms with Gasteiger partial charge in [-0.2, -0.15) is 4.99 Å². The van der Waals surface area contributed by atoms with Gasteiger partial charge in [0.1, 0.15) is 0 Å². The van der Waals surface area contributed by atoms with Gasteiger partial charge in [0.15, 0.2) is 5.96 Å². The highest BCUT2D eigenvalue weighted by molar-refractivity contribution is 6.05. The third-order valence-corrected chi connectivity index (χ3v) is 2.76. The van der Waals surface area contributed by atoms with E-state index in [2.05, 4.69) is 4.99 Å². The van der Waals surface area contributed by atoms with Gasteiger partial charge in [0.05, 0.1) is 0 Å². The Labute approximate surface area is 111 Å². The zero-order valence-corrected chi connectivity index (χ0v) is 10.6. The van der Waals surface area contributed by atoms with Gasteiger partial charge in [0, 0.05) is 5.57 Å². The van der Waals surface area contributed by atoms with Crippen LogP contribution in [0.3, 0.4) is 0 Å². The van der Waals surface area contributed by atoms with E-state index in [4.69, 9.17) is 11.5 Å². The summed E-state index contributed by atoms with van der Waals surface area (Å²) < 4.78 is 0. The molecule has 0 aliphatic carbocycles. The summed E-state index contributed by atoms with van der Waals surface area (Å²) in [7, 11) is 0. The number of fused-ring (bicyclic) bond motifs is 1. The van der Waals surface area contributed by atoms with Gasteiger partial charge in [-0.15, -0.1) is 0 Å². The second-order valence-electron chi connectivity index (χ2n) is 4.24. The lowest BCUT2D eigenvalue weighted by Crippen LogP contribution is -2.24. The molecule has 0 aliphatic rings. The standard InChI is InChI=1S/C15H15N3O/c1-10(14(19)18-15(16)17)9-12-7-4-6-11-5-2-3-8-13(11)12/h2-9H,1H3,(H4,16,17,18,19)/b10-9+. The molecular formula is C15H15N3O. The molecule has 0 saturated heterocycles. The van der Waals surface area contributed by atoms with Gasteiger partial charge in [0.25, 0.3) is 5.91 Å². The third-order valence-electron chi connectivity index (χ3n) is 2.76. The third kappa shape index (κ3) is 2.98. The van der Waals surface area contributed by atoms with E-state index in [1.54, 1.807) is 13.0 Å². The molecule has 2 aromatic carbocycles. The van der Waals surface area contributed by atoms with E-state index in [1.165, 1.54) is 0 Å². The Bertz CT molecular complexity index is 677. The normalized spacial score (nSPS) is 11.3. The minimum Gasteiger partial charge on any atom is -0.370 e. The molecule has 0 aromatic heterocycles. The molecule has 19 heavy (non-hydrogen) atoms. The van der Waals surface area contributed by atoms with Crippen molar-refractivity contribution in [3.63, 3.8) is 0 Å². The molecular weight excluding hydrogens is 238 g/mol. The maximum atomic E-state index is 11.7. The Hall–Kier alpha value is -2.62. The number of nitrogens with zero attached hydrogens (tertiary/aromatic N) is 1. The molecule has 0 spiro atoms. The van der Waals surface area contributed by atoms with Gasteiger partial charge in [-0.1, -0.05) is 42.5 Å². The molecule has 0 heterocycles. The first-order valence-electron chi connectivity index (χ1n) is 5.88. The molecule has 0 aliphatic heterocycles. The number of aliphatic imine (C=N–C) groups is 1. The molecule has 0 radical (unpaired) electrons. The monoisotopic (exact) mass is 253 g/mol. The second-order valence-corrected chi connectivity index (χ2v) is 4.24. The van der Waals surface area contributed by atoms with Crippen LogP contribution in [0, 0.1) is 0 Å². The lowest BCUT2D eigenvalue weighted by atomic mass is 10.0. The van der Waals surface area contributed by atoms with Crippen LogP contribution in [-0.4, -0.2) is 11.9 Å². The fourth-order valence-corrected chi connectivity index (χ4v) is 1.88. The zero-order valence-electron chi connectivity index (χ0n) is 10.6. The molecule has 0 saturated carbocycles. The summed E-state index contributed by atoms with van der Waals surface area (Å²) in [6.45, 7) is 1.69. The summed E-state index contributed by atoms with van der Waals surface area (Å²) in [4.78, 5) is 15.2. The minimum atomic E-state index is -0.423. The Balaban J connectivity index is 2.46. The fraction of sp³-hybridized carbons (Fsp3) is 0.0667. The molecule has 4 heteroatoms. The predicted octanol–water partition coefficient (Wildman–Crippen LogP) is 2.04. The molecule has 2 aromatic rings. The molecule has 4 N–H and O–H groups in total. The highest BCUT2D eigenvalue weighted by atomic mass is 16.1. The average molecular weight is 253 g/mol. The summed E-state index contributed by atoms with van der Waals surface area (Å²) in [5.41, 5.74) is 11.8. The number of guanidine groups is 1. The van der Waals surface area contributed by atoms with Crippen molar-refractivity contribution in [2.45, 2.75) is 6.92 Å². The van der Waals surface area contributed by atoms with E-state index < -0.39 is 5.91 Å². The number of amides is 1. The smallest absolute Gasteiger partial charge is 0.275 e. The van der Waals surface area contributed by atoms with Crippen molar-refractivity contribution < 1.29 is 4.79 Å². The molecule has 0 atom stereocenters. The number of hydrogen-bond acceptors (Lipinski definition) is 1. The number of carbonyl (C=O) groups is 1. The Morgan fingerprint density at radius 2 is 1.79 bits per heavy atom. The van der Waals surface area contributed by atoms with E-state index in [0.29, 0.717) is 5.57 Å². The number of rotatable bonds is 2. The number of benzene rings is 2. The SMILES string of the molecule is C/C(=C\c1cccc2ccccc12)C(=O)N=C(N)N. The lowest BCUT2D eigenvalue weighted by Gasteiger charge is -2.03. The van der Waals surface area contributed by atoms with Gasteiger partial charge >= 0.3 is 0 Å². The van der Waals surface area contributed by atoms with Gasteiger partial charge in [0.2, 0.25) is 0 Å². The molecule has 0 unspecified atom stereocenters. The second kappa shape index (κ2) is 5.35. The van der Waals surface area contributed by atoms with Crippen molar-refractivity contribution in [3.8, 4) is 0 Å². The quantitative estimate of drug-likeness (QED) is 0.488. The zero-order chi connectivity index (χ0) is 13.8. The Morgan fingerprint density at radius 3 is 2.53 bits per heavy atom. The van der Waals surface area contributed by atoms with Crippen LogP contribution in [0.15, 0.2) is 53.0 Å². The fourth-order valence-electron chi connectivity index (χ4n) is 1.88. The van der Waals surface area contributed by atoms with Crippen LogP contribution in [0.4, 0.5) is 0 Å². The maximum absolute atomic E-state index is 11.7. The number of carbonyl (C=O) groups excluding carboxylic acids is 1. The van der Waals surface area contributed by atoms with Crippen LogP contribution in [0.1, 0.15) is 12.5 Å². The van der Waals surface area contributed by atoms with Gasteiger partial charge in [-0.25, -0.2) is 0 Å². The van der Waals surface area contributed by atoms with E-state index in [-0.39, 0.29) is 5.96 Å². The molecule has 0 bridgehead atoms. The summed E-state index contributed by atoms with van der Waals surface area (Å²) in [6.07, 6.45) is 1.79. The summed E-state index contributed by atoms with van der Waals surface area (Å²) >= 11 is 0. The van der Waals surface area contributed by atoms with Crippen molar-refractivity contribution in [3.05, 3.63) is 53.6 Å². The van der Waals surface area contributed by atoms with Gasteiger partial charge in [-0.3, -0.25) is 4.79 Å². The first-order valence-corrected chi connectivity index (χ1v) is 5.88. The van der Waals surface area contributed by atoms with E-state index in [1.807, 2.05) is 42.5 Å². The Kier molecular flexibility index (Phi) is 3.61. The Morgan fingerprint density at radius 1 is 1.11 bits per heavy atom. The summed E-state index contributed by atoms with van der Waals surface area (Å²) in [5.74, 6) is -0.649. The van der Waals surface area contributed by atoms with Crippen molar-refractivity contribution in [2.75, 3.05) is 0 Å². The van der Waals surface area contributed by atoms with Gasteiger partial charge in [-0.05, 0) is 29.3 Å². The van der Waals surface area contributed by atoms with E-state index in [0.717, 1.165) is 16.3 Å². The van der Waals surface area contributed by atoms with Crippen LogP contribution in [0.25, 0.3) is 16.8 Å². The van der Waals surface area contributed by atoms with Crippen LogP contribution in [0.2, 0.25) is 0 Å². The molecule has 96 valence electrons. The molecule has 1 amide bonds. The van der Waals surface area contributed by atoms with Crippen molar-refractivity contribution in [1.29, 1.82) is 0 Å². The highest BCUT2D eigenvalue weighted by Gasteiger charge is 2.04. The topological polar surface area (TPSA) is 81.5 Å². The minimum absolute atomic E-state index is 0.226. The van der Waals surface area contributed by atoms with Crippen LogP contribution in [-0.2, 0) is 4.79 Å². The van der Waals surface area contributed by atoms with Crippen LogP contribution in [0.5, 0.6) is 0 Å². The van der Waals surface area contributed by atoms with Crippen LogP contribution >= 0.6 is 0 Å². The maximum Gasteiger partial charge on any atom is 0.275 e. The molecule has 4 nitrogen and oxygen atoms in total. The van der Waals surface area contributed by atoms with Gasteiger partial charge < -0.3 is 11.5 Å². The molecule has 2 rings (SSSR count). The first kappa shape index (κ1) is 12.8. The average Bonchev–Trinajstić information content (AvgIpc) is 2.38. The van der Waals surface area contributed by atoms with Crippen molar-refractivity contribution >= 4 is 28.7 Å².